The van der Waals surface area contributed by atoms with E-state index in [0.717, 1.165) is 25.9 Å². The highest BCUT2D eigenvalue weighted by atomic mass is 16.6. The van der Waals surface area contributed by atoms with E-state index in [9.17, 15) is 19.7 Å². The number of carbonyl (C=O) groups excluding carboxylic acids is 2. The van der Waals surface area contributed by atoms with Crippen LogP contribution in [0.3, 0.4) is 0 Å². The molecule has 1 N–H and O–H groups in total. The van der Waals surface area contributed by atoms with Crippen LogP contribution in [0.1, 0.15) is 12.8 Å². The van der Waals surface area contributed by atoms with Gasteiger partial charge in [-0.1, -0.05) is 12.1 Å². The van der Waals surface area contributed by atoms with Gasteiger partial charge in [0.1, 0.15) is 5.69 Å². The summed E-state index contributed by atoms with van der Waals surface area (Å²) in [5.41, 5.74) is -0.219. The smallest absolute Gasteiger partial charge is 0.314 e. The maximum Gasteiger partial charge on any atom is 0.314 e. The first-order valence-electron chi connectivity index (χ1n) is 7.40. The molecule has 8 nitrogen and oxygen atoms in total. The molecule has 1 aromatic carbocycles. The molecule has 1 fully saturated rings. The zero-order valence-corrected chi connectivity index (χ0v) is 13.2. The third-order valence-electron chi connectivity index (χ3n) is 4.10. The monoisotopic (exact) mass is 320 g/mol. The number of hydrogen-bond donors (Lipinski definition) is 1. The van der Waals surface area contributed by atoms with Crippen molar-refractivity contribution in [1.82, 2.24) is 9.80 Å². The summed E-state index contributed by atoms with van der Waals surface area (Å²) in [6, 6.07) is 5.75. The van der Waals surface area contributed by atoms with Crippen LogP contribution in [0.2, 0.25) is 0 Å². The molecule has 0 spiro atoms. The maximum absolute atomic E-state index is 12.2. The van der Waals surface area contributed by atoms with Crippen LogP contribution in [-0.4, -0.2) is 59.8 Å². The summed E-state index contributed by atoms with van der Waals surface area (Å²) < 4.78 is 0. The van der Waals surface area contributed by atoms with Crippen molar-refractivity contribution >= 4 is 23.2 Å². The fraction of sp³-hybridized carbons (Fsp3) is 0.467. The number of likely N-dealkylation sites (N-methyl/N-ethyl adjacent to an activating group) is 1. The Morgan fingerprint density at radius 2 is 1.91 bits per heavy atom. The van der Waals surface area contributed by atoms with Crippen LogP contribution in [-0.2, 0) is 9.59 Å². The Labute approximate surface area is 134 Å². The number of carbonyl (C=O) groups is 2. The number of hydrogen-bond acceptors (Lipinski definition) is 5. The molecule has 2 rings (SSSR count). The number of anilines is 1. The molecular weight excluding hydrogens is 300 g/mol. The van der Waals surface area contributed by atoms with E-state index in [-0.39, 0.29) is 17.4 Å². The number of para-hydroxylation sites is 2. The molecule has 0 aromatic heterocycles. The van der Waals surface area contributed by atoms with Crippen molar-refractivity contribution in [3.8, 4) is 0 Å². The zero-order chi connectivity index (χ0) is 17.0. The van der Waals surface area contributed by atoms with E-state index < -0.39 is 16.7 Å². The van der Waals surface area contributed by atoms with Gasteiger partial charge in [0.25, 0.3) is 5.69 Å². The molecule has 124 valence electrons. The first kappa shape index (κ1) is 16.9. The van der Waals surface area contributed by atoms with Gasteiger partial charge in [-0.25, -0.2) is 0 Å². The molecule has 1 saturated heterocycles. The molecule has 1 aliphatic rings. The number of rotatable bonds is 3. The second-order valence-corrected chi connectivity index (χ2v) is 5.68. The van der Waals surface area contributed by atoms with Gasteiger partial charge in [-0.2, -0.15) is 0 Å². The first-order valence-corrected chi connectivity index (χ1v) is 7.40. The highest BCUT2D eigenvalue weighted by molar-refractivity contribution is 6.39. The molecular formula is C15H20N4O4. The number of piperidine rings is 1. The SMILES string of the molecule is CN1CCC(N(C)C(=O)C(=O)Nc2ccccc2[N+](=O)[O-])CC1. The molecule has 0 atom stereocenters. The van der Waals surface area contributed by atoms with E-state index in [1.54, 1.807) is 13.1 Å². The van der Waals surface area contributed by atoms with Gasteiger partial charge < -0.3 is 15.1 Å². The summed E-state index contributed by atoms with van der Waals surface area (Å²) in [7, 11) is 3.61. The Bertz CT molecular complexity index is 611. The quantitative estimate of drug-likeness (QED) is 0.511. The molecule has 0 radical (unpaired) electrons. The minimum absolute atomic E-state index is 0.00945. The lowest BCUT2D eigenvalue weighted by Crippen LogP contribution is -2.47. The summed E-state index contributed by atoms with van der Waals surface area (Å²) in [6.07, 6.45) is 1.61. The first-order chi connectivity index (χ1) is 10.9. The summed E-state index contributed by atoms with van der Waals surface area (Å²) in [4.78, 5) is 38.3. The van der Waals surface area contributed by atoms with Crippen LogP contribution in [0.5, 0.6) is 0 Å². The van der Waals surface area contributed by atoms with Crippen molar-refractivity contribution in [2.75, 3.05) is 32.5 Å². The number of nitro groups is 1. The van der Waals surface area contributed by atoms with Crippen molar-refractivity contribution in [2.45, 2.75) is 18.9 Å². The third-order valence-corrected chi connectivity index (χ3v) is 4.10. The van der Waals surface area contributed by atoms with E-state index >= 15 is 0 Å². The lowest BCUT2D eigenvalue weighted by atomic mass is 10.0. The molecule has 1 aromatic rings. The van der Waals surface area contributed by atoms with Crippen LogP contribution in [0.4, 0.5) is 11.4 Å². The number of nitrogens with one attached hydrogen (secondary N) is 1. The minimum atomic E-state index is -0.860. The van der Waals surface area contributed by atoms with Gasteiger partial charge in [-0.3, -0.25) is 19.7 Å². The summed E-state index contributed by atoms with van der Waals surface area (Å²) >= 11 is 0. The summed E-state index contributed by atoms with van der Waals surface area (Å²) in [5, 5.41) is 13.3. The molecule has 0 unspecified atom stereocenters. The van der Waals surface area contributed by atoms with E-state index in [2.05, 4.69) is 10.2 Å². The van der Waals surface area contributed by atoms with Gasteiger partial charge in [0.05, 0.1) is 4.92 Å². The number of nitrogens with zero attached hydrogens (tertiary/aromatic N) is 3. The zero-order valence-electron chi connectivity index (χ0n) is 13.2. The minimum Gasteiger partial charge on any atom is -0.334 e. The summed E-state index contributed by atoms with van der Waals surface area (Å²) in [6.45, 7) is 1.74. The highest BCUT2D eigenvalue weighted by Crippen LogP contribution is 2.23. The Hall–Kier alpha value is -2.48. The molecule has 1 aliphatic heterocycles. The van der Waals surface area contributed by atoms with E-state index in [1.165, 1.54) is 23.1 Å². The fourth-order valence-corrected chi connectivity index (χ4v) is 2.62. The fourth-order valence-electron chi connectivity index (χ4n) is 2.62. The standard InChI is InChI=1S/C15H20N4O4/c1-17-9-7-11(8-10-17)18(2)15(21)14(20)16-12-5-3-4-6-13(12)19(22)23/h3-6,11H,7-10H2,1-2H3,(H,16,20). The Kier molecular flexibility index (Phi) is 5.28. The van der Waals surface area contributed by atoms with E-state index in [4.69, 9.17) is 0 Å². The normalized spacial score (nSPS) is 15.9. The van der Waals surface area contributed by atoms with Gasteiger partial charge in [0, 0.05) is 19.2 Å². The number of likely N-dealkylation sites (tertiary alicyclic amines) is 1. The molecule has 0 bridgehead atoms. The molecule has 8 heteroatoms. The van der Waals surface area contributed by atoms with Crippen molar-refractivity contribution in [3.05, 3.63) is 34.4 Å². The summed E-state index contributed by atoms with van der Waals surface area (Å²) in [5.74, 6) is -1.54. The largest absolute Gasteiger partial charge is 0.334 e. The van der Waals surface area contributed by atoms with Gasteiger partial charge >= 0.3 is 11.8 Å². The Morgan fingerprint density at radius 1 is 1.30 bits per heavy atom. The predicted molar refractivity (Wildman–Crippen MR) is 85.0 cm³/mol. The molecule has 2 amide bonds. The molecule has 1 heterocycles. The lowest BCUT2D eigenvalue weighted by molar-refractivity contribution is -0.383. The lowest BCUT2D eigenvalue weighted by Gasteiger charge is -2.34. The van der Waals surface area contributed by atoms with Crippen molar-refractivity contribution in [1.29, 1.82) is 0 Å². The number of amides is 2. The van der Waals surface area contributed by atoms with Gasteiger partial charge in [0.2, 0.25) is 0 Å². The molecule has 0 saturated carbocycles. The van der Waals surface area contributed by atoms with Crippen LogP contribution >= 0.6 is 0 Å². The van der Waals surface area contributed by atoms with Crippen LogP contribution in [0.15, 0.2) is 24.3 Å². The topological polar surface area (TPSA) is 95.8 Å². The van der Waals surface area contributed by atoms with Crippen molar-refractivity contribution < 1.29 is 14.5 Å². The number of nitro benzene ring substituents is 1. The van der Waals surface area contributed by atoms with Crippen LogP contribution in [0, 0.1) is 10.1 Å². The van der Waals surface area contributed by atoms with E-state index in [1.807, 2.05) is 7.05 Å². The molecule has 0 aliphatic carbocycles. The maximum atomic E-state index is 12.2. The van der Waals surface area contributed by atoms with E-state index in [0.29, 0.717) is 0 Å². The third kappa shape index (κ3) is 4.04. The van der Waals surface area contributed by atoms with Crippen molar-refractivity contribution in [2.24, 2.45) is 0 Å². The number of benzene rings is 1. The average Bonchev–Trinajstić information content (AvgIpc) is 2.54. The van der Waals surface area contributed by atoms with Crippen molar-refractivity contribution in [3.63, 3.8) is 0 Å². The van der Waals surface area contributed by atoms with Gasteiger partial charge in [0.15, 0.2) is 0 Å². The second-order valence-electron chi connectivity index (χ2n) is 5.68. The van der Waals surface area contributed by atoms with Crippen LogP contribution in [0.25, 0.3) is 0 Å². The predicted octanol–water partition coefficient (Wildman–Crippen LogP) is 1.09. The highest BCUT2D eigenvalue weighted by Gasteiger charge is 2.28. The van der Waals surface area contributed by atoms with Gasteiger partial charge in [-0.05, 0) is 39.0 Å². The Morgan fingerprint density at radius 3 is 2.52 bits per heavy atom. The van der Waals surface area contributed by atoms with Crippen LogP contribution < -0.4 is 5.32 Å². The second kappa shape index (κ2) is 7.19. The molecule has 23 heavy (non-hydrogen) atoms. The Balaban J connectivity index is 2.03. The van der Waals surface area contributed by atoms with Gasteiger partial charge in [-0.15, -0.1) is 0 Å². The average molecular weight is 320 g/mol.